The molecule has 0 saturated heterocycles. The number of nitriles is 1. The average molecular weight is 406 g/mol. The summed E-state index contributed by atoms with van der Waals surface area (Å²) in [6.07, 6.45) is 3.24. The molecule has 7 heteroatoms. The standard InChI is InChI=1S/C20H20ClNO4S/c1-3-4-11-26-19-10-5-15(13-20(19)25-2)12-18(14-22)27(23,24)17-8-6-16(21)7-9-17/h5-10,12-13H,3-4,11H2,1-2H3. The predicted molar refractivity (Wildman–Crippen MR) is 106 cm³/mol. The SMILES string of the molecule is CCCCOc1ccc(C=C(C#N)S(=O)(=O)c2ccc(Cl)cc2)cc1OC. The van der Waals surface area contributed by atoms with E-state index >= 15 is 0 Å². The zero-order chi connectivity index (χ0) is 19.9. The lowest BCUT2D eigenvalue weighted by atomic mass is 10.2. The second-order valence-electron chi connectivity index (χ2n) is 5.69. The van der Waals surface area contributed by atoms with E-state index in [0.29, 0.717) is 28.7 Å². The van der Waals surface area contributed by atoms with Crippen LogP contribution < -0.4 is 9.47 Å². The number of nitrogens with zero attached hydrogens (tertiary/aromatic N) is 1. The van der Waals surface area contributed by atoms with Crippen LogP contribution in [0, 0.1) is 11.3 Å². The van der Waals surface area contributed by atoms with Crippen LogP contribution in [0.25, 0.3) is 6.08 Å². The normalized spacial score (nSPS) is 11.7. The zero-order valence-electron chi connectivity index (χ0n) is 15.1. The molecule has 0 radical (unpaired) electrons. The van der Waals surface area contributed by atoms with Crippen molar-refractivity contribution in [2.75, 3.05) is 13.7 Å². The zero-order valence-corrected chi connectivity index (χ0v) is 16.7. The minimum Gasteiger partial charge on any atom is -0.493 e. The van der Waals surface area contributed by atoms with Gasteiger partial charge in [0.05, 0.1) is 18.6 Å². The number of halogens is 1. The smallest absolute Gasteiger partial charge is 0.216 e. The Morgan fingerprint density at radius 1 is 1.19 bits per heavy atom. The highest BCUT2D eigenvalue weighted by atomic mass is 35.5. The Bertz CT molecular complexity index is 960. The van der Waals surface area contributed by atoms with E-state index in [1.165, 1.54) is 37.5 Å². The first kappa shape index (κ1) is 20.8. The highest BCUT2D eigenvalue weighted by Crippen LogP contribution is 2.30. The highest BCUT2D eigenvalue weighted by Gasteiger charge is 2.21. The molecule has 0 heterocycles. The first-order valence-electron chi connectivity index (χ1n) is 8.35. The van der Waals surface area contributed by atoms with Crippen molar-refractivity contribution in [3.05, 3.63) is 58.0 Å². The van der Waals surface area contributed by atoms with Gasteiger partial charge in [-0.15, -0.1) is 0 Å². The van der Waals surface area contributed by atoms with Gasteiger partial charge in [0.15, 0.2) is 11.5 Å². The molecule has 0 atom stereocenters. The van der Waals surface area contributed by atoms with Crippen molar-refractivity contribution < 1.29 is 17.9 Å². The minimum absolute atomic E-state index is 0.00573. The Balaban J connectivity index is 2.37. The Morgan fingerprint density at radius 2 is 1.89 bits per heavy atom. The summed E-state index contributed by atoms with van der Waals surface area (Å²) in [5.74, 6) is 1.04. The maximum atomic E-state index is 12.7. The van der Waals surface area contributed by atoms with E-state index in [0.717, 1.165) is 12.8 Å². The van der Waals surface area contributed by atoms with E-state index in [9.17, 15) is 13.7 Å². The van der Waals surface area contributed by atoms with Crippen LogP contribution in [-0.4, -0.2) is 22.1 Å². The molecule has 0 bridgehead atoms. The number of sulfone groups is 1. The third-order valence-electron chi connectivity index (χ3n) is 3.76. The maximum absolute atomic E-state index is 12.7. The van der Waals surface area contributed by atoms with E-state index in [-0.39, 0.29) is 9.80 Å². The number of hydrogen-bond acceptors (Lipinski definition) is 5. The van der Waals surface area contributed by atoms with E-state index < -0.39 is 9.84 Å². The van der Waals surface area contributed by atoms with E-state index in [1.807, 2.05) is 0 Å². The molecule has 0 unspecified atom stereocenters. The quantitative estimate of drug-likeness (QED) is 0.462. The summed E-state index contributed by atoms with van der Waals surface area (Å²) in [6, 6.07) is 12.5. The second-order valence-corrected chi connectivity index (χ2v) is 8.04. The number of hydrogen-bond donors (Lipinski definition) is 0. The minimum atomic E-state index is -3.94. The fourth-order valence-corrected chi connectivity index (χ4v) is 3.57. The third-order valence-corrected chi connectivity index (χ3v) is 5.70. The van der Waals surface area contributed by atoms with Crippen molar-refractivity contribution in [3.8, 4) is 17.6 Å². The van der Waals surface area contributed by atoms with Crippen molar-refractivity contribution in [1.82, 2.24) is 0 Å². The van der Waals surface area contributed by atoms with Gasteiger partial charge in [-0.3, -0.25) is 0 Å². The Morgan fingerprint density at radius 3 is 2.48 bits per heavy atom. The van der Waals surface area contributed by atoms with Crippen molar-refractivity contribution in [1.29, 1.82) is 5.26 Å². The molecule has 0 aliphatic rings. The van der Waals surface area contributed by atoms with Gasteiger partial charge in [-0.1, -0.05) is 31.0 Å². The largest absolute Gasteiger partial charge is 0.493 e. The molecule has 2 aromatic rings. The fraction of sp³-hybridized carbons (Fsp3) is 0.250. The molecule has 0 spiro atoms. The molecule has 0 amide bonds. The predicted octanol–water partition coefficient (Wildman–Crippen LogP) is 4.87. The van der Waals surface area contributed by atoms with Crippen LogP contribution in [0.4, 0.5) is 0 Å². The Kier molecular flexibility index (Phi) is 7.28. The first-order chi connectivity index (χ1) is 12.9. The van der Waals surface area contributed by atoms with Crippen molar-refractivity contribution in [3.63, 3.8) is 0 Å². The van der Waals surface area contributed by atoms with Gasteiger partial charge in [-0.2, -0.15) is 5.26 Å². The summed E-state index contributed by atoms with van der Waals surface area (Å²) < 4.78 is 36.3. The van der Waals surface area contributed by atoms with Gasteiger partial charge in [0.1, 0.15) is 11.0 Å². The molecule has 0 aliphatic heterocycles. The molecule has 0 aliphatic carbocycles. The van der Waals surface area contributed by atoms with Crippen LogP contribution in [0.3, 0.4) is 0 Å². The molecular formula is C20H20ClNO4S. The monoisotopic (exact) mass is 405 g/mol. The topological polar surface area (TPSA) is 76.4 Å². The van der Waals surface area contributed by atoms with Crippen molar-refractivity contribution >= 4 is 27.5 Å². The van der Waals surface area contributed by atoms with Crippen LogP contribution in [0.5, 0.6) is 11.5 Å². The lowest BCUT2D eigenvalue weighted by Gasteiger charge is -2.11. The van der Waals surface area contributed by atoms with Crippen molar-refractivity contribution in [2.45, 2.75) is 24.7 Å². The van der Waals surface area contributed by atoms with Crippen LogP contribution >= 0.6 is 11.6 Å². The van der Waals surface area contributed by atoms with E-state index in [1.54, 1.807) is 24.3 Å². The molecule has 2 rings (SSSR count). The Labute approximate surface area is 164 Å². The molecule has 0 saturated carbocycles. The van der Waals surface area contributed by atoms with Gasteiger partial charge >= 0.3 is 0 Å². The second kappa shape index (κ2) is 9.45. The number of unbranched alkanes of at least 4 members (excludes halogenated alkanes) is 1. The summed E-state index contributed by atoms with van der Waals surface area (Å²) in [4.78, 5) is -0.363. The fourth-order valence-electron chi connectivity index (χ4n) is 2.28. The number of allylic oxidation sites excluding steroid dienone is 1. The summed E-state index contributed by atoms with van der Waals surface area (Å²) in [5.41, 5.74) is 0.517. The van der Waals surface area contributed by atoms with Gasteiger partial charge < -0.3 is 9.47 Å². The summed E-state index contributed by atoms with van der Waals surface area (Å²) in [7, 11) is -2.44. The summed E-state index contributed by atoms with van der Waals surface area (Å²) >= 11 is 5.80. The van der Waals surface area contributed by atoms with Crippen molar-refractivity contribution in [2.24, 2.45) is 0 Å². The first-order valence-corrected chi connectivity index (χ1v) is 10.2. The van der Waals surface area contributed by atoms with Gasteiger partial charge in [-0.05, 0) is 54.5 Å². The summed E-state index contributed by atoms with van der Waals surface area (Å²) in [6.45, 7) is 2.63. The summed E-state index contributed by atoms with van der Waals surface area (Å²) in [5, 5.41) is 9.80. The molecule has 2 aromatic carbocycles. The van der Waals surface area contributed by atoms with Crippen LogP contribution in [0.2, 0.25) is 5.02 Å². The molecule has 27 heavy (non-hydrogen) atoms. The van der Waals surface area contributed by atoms with Gasteiger partial charge in [0, 0.05) is 5.02 Å². The maximum Gasteiger partial charge on any atom is 0.216 e. The lowest BCUT2D eigenvalue weighted by molar-refractivity contribution is 0.288. The number of methoxy groups -OCH3 is 1. The number of ether oxygens (including phenoxy) is 2. The molecule has 5 nitrogen and oxygen atoms in total. The molecule has 142 valence electrons. The van der Waals surface area contributed by atoms with Gasteiger partial charge in [0.2, 0.25) is 9.84 Å². The van der Waals surface area contributed by atoms with E-state index in [4.69, 9.17) is 21.1 Å². The lowest BCUT2D eigenvalue weighted by Crippen LogP contribution is -2.03. The van der Waals surface area contributed by atoms with Gasteiger partial charge in [-0.25, -0.2) is 8.42 Å². The Hall–Kier alpha value is -2.49. The number of rotatable bonds is 8. The van der Waals surface area contributed by atoms with E-state index in [2.05, 4.69) is 6.92 Å². The molecule has 0 N–H and O–H groups in total. The average Bonchev–Trinajstić information content (AvgIpc) is 2.67. The molecule has 0 fully saturated rings. The molecule has 0 aromatic heterocycles. The molecular weight excluding hydrogens is 386 g/mol. The third kappa shape index (κ3) is 5.25. The van der Waals surface area contributed by atoms with Crippen LogP contribution in [0.1, 0.15) is 25.3 Å². The van der Waals surface area contributed by atoms with Gasteiger partial charge in [0.25, 0.3) is 0 Å². The van der Waals surface area contributed by atoms with Crippen LogP contribution in [0.15, 0.2) is 52.3 Å². The van der Waals surface area contributed by atoms with Crippen LogP contribution in [-0.2, 0) is 9.84 Å². The highest BCUT2D eigenvalue weighted by molar-refractivity contribution is 7.95. The number of benzene rings is 2.